The minimum atomic E-state index is 0.0175. The van der Waals surface area contributed by atoms with Gasteiger partial charge in [0, 0.05) is 18.1 Å². The van der Waals surface area contributed by atoms with Crippen molar-refractivity contribution in [3.8, 4) is 0 Å². The molecule has 0 saturated carbocycles. The molecule has 0 spiro atoms. The van der Waals surface area contributed by atoms with Crippen molar-refractivity contribution in [2.24, 2.45) is 0 Å². The van der Waals surface area contributed by atoms with Crippen LogP contribution in [0.15, 0.2) is 36.6 Å². The van der Waals surface area contributed by atoms with Gasteiger partial charge >= 0.3 is 0 Å². The van der Waals surface area contributed by atoms with Crippen molar-refractivity contribution >= 4 is 11.9 Å². The minimum absolute atomic E-state index is 0.0175. The van der Waals surface area contributed by atoms with E-state index in [0.717, 1.165) is 0 Å². The SMILES string of the molecule is Cc1cc(C)c(N2C=CC=CC2C=N)c(C(C)C)c1. The van der Waals surface area contributed by atoms with Gasteiger partial charge in [-0.1, -0.05) is 43.7 Å². The van der Waals surface area contributed by atoms with Crippen LogP contribution in [0.5, 0.6) is 0 Å². The zero-order valence-corrected chi connectivity index (χ0v) is 12.1. The first kappa shape index (κ1) is 13.6. The summed E-state index contributed by atoms with van der Waals surface area (Å²) in [5, 5.41) is 7.62. The van der Waals surface area contributed by atoms with Crippen molar-refractivity contribution in [1.82, 2.24) is 0 Å². The zero-order chi connectivity index (χ0) is 14.0. The Hall–Kier alpha value is -1.83. The summed E-state index contributed by atoms with van der Waals surface area (Å²) >= 11 is 0. The molecule has 2 nitrogen and oxygen atoms in total. The van der Waals surface area contributed by atoms with Gasteiger partial charge in [-0.05, 0) is 37.0 Å². The summed E-state index contributed by atoms with van der Waals surface area (Å²) in [5.41, 5.74) is 5.17. The fourth-order valence-electron chi connectivity index (χ4n) is 2.66. The first-order valence-electron chi connectivity index (χ1n) is 6.79. The maximum absolute atomic E-state index is 7.62. The first-order chi connectivity index (χ1) is 9.04. The van der Waals surface area contributed by atoms with Crippen LogP contribution in [-0.4, -0.2) is 12.3 Å². The third-order valence-electron chi connectivity index (χ3n) is 3.51. The molecular weight excluding hydrogens is 232 g/mol. The van der Waals surface area contributed by atoms with Gasteiger partial charge in [-0.3, -0.25) is 0 Å². The van der Waals surface area contributed by atoms with Crippen molar-refractivity contribution in [1.29, 1.82) is 5.41 Å². The fourth-order valence-corrected chi connectivity index (χ4v) is 2.66. The largest absolute Gasteiger partial charge is 0.336 e. The van der Waals surface area contributed by atoms with Crippen LogP contribution in [0.25, 0.3) is 0 Å². The summed E-state index contributed by atoms with van der Waals surface area (Å²) in [7, 11) is 0. The predicted octanol–water partition coefficient (Wildman–Crippen LogP) is 4.33. The van der Waals surface area contributed by atoms with Crippen LogP contribution in [0.3, 0.4) is 0 Å². The molecule has 100 valence electrons. The van der Waals surface area contributed by atoms with E-state index in [1.54, 1.807) is 0 Å². The topological polar surface area (TPSA) is 27.1 Å². The fraction of sp³-hybridized carbons (Fsp3) is 0.353. The van der Waals surface area contributed by atoms with Crippen LogP contribution >= 0.6 is 0 Å². The van der Waals surface area contributed by atoms with Crippen LogP contribution in [0, 0.1) is 19.3 Å². The number of nitrogens with zero attached hydrogens (tertiary/aromatic N) is 1. The lowest BCUT2D eigenvalue weighted by Crippen LogP contribution is -2.32. The number of aryl methyl sites for hydroxylation is 2. The monoisotopic (exact) mass is 254 g/mol. The Kier molecular flexibility index (Phi) is 3.89. The normalized spacial score (nSPS) is 18.2. The van der Waals surface area contributed by atoms with Crippen LogP contribution in [0.2, 0.25) is 0 Å². The highest BCUT2D eigenvalue weighted by Gasteiger charge is 2.20. The Morgan fingerprint density at radius 3 is 2.58 bits per heavy atom. The Morgan fingerprint density at radius 1 is 1.21 bits per heavy atom. The van der Waals surface area contributed by atoms with Gasteiger partial charge < -0.3 is 10.3 Å². The van der Waals surface area contributed by atoms with E-state index in [0.29, 0.717) is 5.92 Å². The molecule has 0 fully saturated rings. The second-order valence-electron chi connectivity index (χ2n) is 5.47. The van der Waals surface area contributed by atoms with Gasteiger partial charge in [0.15, 0.2) is 0 Å². The number of hydrogen-bond acceptors (Lipinski definition) is 2. The Balaban J connectivity index is 2.57. The molecule has 1 aromatic rings. The molecule has 1 heterocycles. The molecule has 1 aliphatic rings. The standard InChI is InChI=1S/C17H22N2/c1-12(2)16-10-13(3)9-14(4)17(16)19-8-6-5-7-15(19)11-18/h5-12,15,18H,1-4H3. The molecule has 1 aromatic carbocycles. The van der Waals surface area contributed by atoms with Crippen LogP contribution in [-0.2, 0) is 0 Å². The number of rotatable bonds is 3. The highest BCUT2D eigenvalue weighted by atomic mass is 15.1. The van der Waals surface area contributed by atoms with E-state index >= 15 is 0 Å². The maximum atomic E-state index is 7.62. The smallest absolute Gasteiger partial charge is 0.0867 e. The third kappa shape index (κ3) is 2.62. The summed E-state index contributed by atoms with van der Waals surface area (Å²) < 4.78 is 0. The summed E-state index contributed by atoms with van der Waals surface area (Å²) in [5.74, 6) is 0.472. The van der Waals surface area contributed by atoms with Crippen molar-refractivity contribution in [3.63, 3.8) is 0 Å². The second-order valence-corrected chi connectivity index (χ2v) is 5.47. The van der Waals surface area contributed by atoms with Crippen molar-refractivity contribution in [2.45, 2.75) is 39.7 Å². The van der Waals surface area contributed by atoms with Crippen molar-refractivity contribution in [3.05, 3.63) is 53.3 Å². The Labute approximate surface area is 116 Å². The Morgan fingerprint density at radius 2 is 1.95 bits per heavy atom. The maximum Gasteiger partial charge on any atom is 0.0867 e. The highest BCUT2D eigenvalue weighted by Crippen LogP contribution is 2.34. The average molecular weight is 254 g/mol. The van der Waals surface area contributed by atoms with E-state index in [-0.39, 0.29) is 6.04 Å². The van der Waals surface area contributed by atoms with Gasteiger partial charge in [-0.2, -0.15) is 0 Å². The molecule has 2 heteroatoms. The Bertz CT molecular complexity index is 538. The third-order valence-corrected chi connectivity index (χ3v) is 3.51. The molecule has 0 aromatic heterocycles. The molecular formula is C17H22N2. The number of anilines is 1. The molecule has 0 aliphatic carbocycles. The van der Waals surface area contributed by atoms with E-state index < -0.39 is 0 Å². The molecule has 0 bridgehead atoms. The lowest BCUT2D eigenvalue weighted by Gasteiger charge is -2.32. The number of nitrogens with one attached hydrogen (secondary N) is 1. The lowest BCUT2D eigenvalue weighted by molar-refractivity contribution is 0.843. The molecule has 0 saturated heterocycles. The molecule has 0 amide bonds. The van der Waals surface area contributed by atoms with E-state index in [2.05, 4.69) is 57.0 Å². The van der Waals surface area contributed by atoms with Gasteiger partial charge in [0.25, 0.3) is 0 Å². The van der Waals surface area contributed by atoms with Gasteiger partial charge in [-0.15, -0.1) is 0 Å². The summed E-state index contributed by atoms with van der Waals surface area (Å²) in [6, 6.07) is 4.50. The number of hydrogen-bond donors (Lipinski definition) is 1. The summed E-state index contributed by atoms with van der Waals surface area (Å²) in [6.07, 6.45) is 9.65. The second kappa shape index (κ2) is 5.43. The summed E-state index contributed by atoms with van der Waals surface area (Å²) in [4.78, 5) is 2.19. The quantitative estimate of drug-likeness (QED) is 0.798. The van der Waals surface area contributed by atoms with Gasteiger partial charge in [0.05, 0.1) is 6.04 Å². The molecule has 19 heavy (non-hydrogen) atoms. The van der Waals surface area contributed by atoms with Crippen molar-refractivity contribution < 1.29 is 0 Å². The molecule has 1 N–H and O–H groups in total. The number of benzene rings is 1. The summed E-state index contributed by atoms with van der Waals surface area (Å²) in [6.45, 7) is 8.74. The predicted molar refractivity (Wildman–Crippen MR) is 83.3 cm³/mol. The first-order valence-corrected chi connectivity index (χ1v) is 6.79. The lowest BCUT2D eigenvalue weighted by atomic mass is 9.94. The van der Waals surface area contributed by atoms with Crippen LogP contribution in [0.4, 0.5) is 5.69 Å². The molecule has 2 rings (SSSR count). The molecule has 0 radical (unpaired) electrons. The van der Waals surface area contributed by atoms with Gasteiger partial charge in [-0.25, -0.2) is 0 Å². The van der Waals surface area contributed by atoms with Crippen LogP contribution < -0.4 is 4.90 Å². The van der Waals surface area contributed by atoms with Crippen LogP contribution in [0.1, 0.15) is 36.5 Å². The van der Waals surface area contributed by atoms with Gasteiger partial charge in [0.1, 0.15) is 0 Å². The van der Waals surface area contributed by atoms with E-state index in [1.807, 2.05) is 12.2 Å². The van der Waals surface area contributed by atoms with Gasteiger partial charge in [0.2, 0.25) is 0 Å². The molecule has 1 aliphatic heterocycles. The number of allylic oxidation sites excluding steroid dienone is 2. The zero-order valence-electron chi connectivity index (χ0n) is 12.1. The minimum Gasteiger partial charge on any atom is -0.336 e. The van der Waals surface area contributed by atoms with E-state index in [9.17, 15) is 0 Å². The van der Waals surface area contributed by atoms with Crippen molar-refractivity contribution in [2.75, 3.05) is 4.90 Å². The molecule has 1 unspecified atom stereocenters. The highest BCUT2D eigenvalue weighted by molar-refractivity contribution is 5.76. The average Bonchev–Trinajstić information content (AvgIpc) is 2.38. The van der Waals surface area contributed by atoms with E-state index in [1.165, 1.54) is 28.6 Å². The molecule has 1 atom stereocenters. The van der Waals surface area contributed by atoms with E-state index in [4.69, 9.17) is 5.41 Å².